The zero-order valence-corrected chi connectivity index (χ0v) is 15.3. The van der Waals surface area contributed by atoms with E-state index in [1.807, 2.05) is 0 Å². The van der Waals surface area contributed by atoms with Gasteiger partial charge in [0.25, 0.3) is 0 Å². The Hall–Kier alpha value is -3.87. The molecule has 5 nitrogen and oxygen atoms in total. The Morgan fingerprint density at radius 1 is 1.03 bits per heavy atom. The number of carbonyl (C=O) groups excluding carboxylic acids is 1. The van der Waals surface area contributed by atoms with E-state index in [4.69, 9.17) is 4.74 Å². The number of pyridine rings is 1. The largest absolute Gasteiger partial charge is 0.497 e. The third kappa shape index (κ3) is 3.62. The van der Waals surface area contributed by atoms with E-state index in [0.29, 0.717) is 22.6 Å². The van der Waals surface area contributed by atoms with Crippen molar-refractivity contribution in [2.24, 2.45) is 0 Å². The number of methoxy groups -OCH3 is 1. The second-order valence-electron chi connectivity index (χ2n) is 6.24. The van der Waals surface area contributed by atoms with Crippen molar-refractivity contribution in [3.8, 4) is 22.6 Å². The number of halogens is 2. The molecule has 4 rings (SSSR count). The molecule has 2 heterocycles. The Balaban J connectivity index is 1.67. The maximum atomic E-state index is 14.1. The van der Waals surface area contributed by atoms with E-state index in [1.165, 1.54) is 13.4 Å². The molecule has 144 valence electrons. The van der Waals surface area contributed by atoms with Crippen molar-refractivity contribution in [2.75, 3.05) is 7.11 Å². The number of nitrogens with zero attached hydrogens (tertiary/aromatic N) is 3. The SMILES string of the molecule is COc1cccc(C(=O)c2cn(-c3cccc(-c4c(F)ccnc4F)c3)cn2)c1. The standard InChI is InChI=1S/C22H15F2N3O2/c1-29-17-7-3-5-15(11-17)21(28)19-12-27(13-26-19)16-6-2-4-14(10-16)20-18(23)8-9-25-22(20)24/h2-13H,1H3. The van der Waals surface area contributed by atoms with Gasteiger partial charge in [0.15, 0.2) is 0 Å². The van der Waals surface area contributed by atoms with E-state index < -0.39 is 11.8 Å². The van der Waals surface area contributed by atoms with Crippen LogP contribution in [0.15, 0.2) is 73.3 Å². The van der Waals surface area contributed by atoms with E-state index in [-0.39, 0.29) is 17.0 Å². The summed E-state index contributed by atoms with van der Waals surface area (Å²) in [5, 5.41) is 0. The van der Waals surface area contributed by atoms with Crippen molar-refractivity contribution in [3.05, 3.63) is 96.3 Å². The van der Waals surface area contributed by atoms with Crippen LogP contribution in [0.3, 0.4) is 0 Å². The third-order valence-corrected chi connectivity index (χ3v) is 4.43. The van der Waals surface area contributed by atoms with Gasteiger partial charge in [-0.15, -0.1) is 0 Å². The minimum atomic E-state index is -0.887. The fourth-order valence-corrected chi connectivity index (χ4v) is 2.99. The van der Waals surface area contributed by atoms with Crippen LogP contribution in [-0.2, 0) is 0 Å². The molecule has 2 aromatic carbocycles. The van der Waals surface area contributed by atoms with Gasteiger partial charge in [-0.05, 0) is 35.9 Å². The number of rotatable bonds is 5. The van der Waals surface area contributed by atoms with Crippen LogP contribution in [0, 0.1) is 11.8 Å². The van der Waals surface area contributed by atoms with Crippen molar-refractivity contribution in [3.63, 3.8) is 0 Å². The average molecular weight is 391 g/mol. The van der Waals surface area contributed by atoms with Crippen LogP contribution >= 0.6 is 0 Å². The van der Waals surface area contributed by atoms with Crippen LogP contribution in [0.5, 0.6) is 5.75 Å². The third-order valence-electron chi connectivity index (χ3n) is 4.43. The number of imidazole rings is 1. The molecular formula is C22H15F2N3O2. The molecule has 0 N–H and O–H groups in total. The lowest BCUT2D eigenvalue weighted by Gasteiger charge is -2.07. The summed E-state index contributed by atoms with van der Waals surface area (Å²) in [7, 11) is 1.53. The van der Waals surface area contributed by atoms with Gasteiger partial charge in [-0.1, -0.05) is 24.3 Å². The normalized spacial score (nSPS) is 10.7. The van der Waals surface area contributed by atoms with Gasteiger partial charge in [0, 0.05) is 23.6 Å². The number of carbonyl (C=O) groups is 1. The summed E-state index contributed by atoms with van der Waals surface area (Å²) in [6, 6.07) is 14.5. The molecule has 0 saturated carbocycles. The van der Waals surface area contributed by atoms with Gasteiger partial charge in [0.2, 0.25) is 11.7 Å². The van der Waals surface area contributed by atoms with Gasteiger partial charge < -0.3 is 9.30 Å². The summed E-state index contributed by atoms with van der Waals surface area (Å²) in [6.07, 6.45) is 4.11. The van der Waals surface area contributed by atoms with Crippen LogP contribution in [0.25, 0.3) is 16.8 Å². The Bertz CT molecular complexity index is 1180. The Morgan fingerprint density at radius 2 is 1.86 bits per heavy atom. The maximum absolute atomic E-state index is 14.1. The Morgan fingerprint density at radius 3 is 2.66 bits per heavy atom. The first-order chi connectivity index (χ1) is 14.1. The summed E-state index contributed by atoms with van der Waals surface area (Å²) in [5.41, 5.74) is 1.41. The molecule has 0 unspecified atom stereocenters. The lowest BCUT2D eigenvalue weighted by molar-refractivity contribution is 0.103. The van der Waals surface area contributed by atoms with Crippen molar-refractivity contribution in [1.29, 1.82) is 0 Å². The summed E-state index contributed by atoms with van der Waals surface area (Å²) >= 11 is 0. The van der Waals surface area contributed by atoms with E-state index in [0.717, 1.165) is 12.3 Å². The van der Waals surface area contributed by atoms with Crippen LogP contribution in [0.4, 0.5) is 8.78 Å². The first-order valence-electron chi connectivity index (χ1n) is 8.70. The zero-order valence-electron chi connectivity index (χ0n) is 15.3. The predicted octanol–water partition coefficient (Wildman–Crippen LogP) is 4.45. The van der Waals surface area contributed by atoms with Crippen molar-refractivity contribution < 1.29 is 18.3 Å². The lowest BCUT2D eigenvalue weighted by atomic mass is 10.1. The van der Waals surface area contributed by atoms with E-state index in [1.54, 1.807) is 59.3 Å². The second kappa shape index (κ2) is 7.63. The fourth-order valence-electron chi connectivity index (χ4n) is 2.99. The highest BCUT2D eigenvalue weighted by molar-refractivity contribution is 6.07. The minimum absolute atomic E-state index is 0.206. The first-order valence-corrected chi connectivity index (χ1v) is 8.70. The van der Waals surface area contributed by atoms with Gasteiger partial charge in [0.1, 0.15) is 23.6 Å². The topological polar surface area (TPSA) is 57.0 Å². The van der Waals surface area contributed by atoms with Gasteiger partial charge >= 0.3 is 0 Å². The van der Waals surface area contributed by atoms with Crippen molar-refractivity contribution >= 4 is 5.78 Å². The van der Waals surface area contributed by atoms with Crippen LogP contribution in [0.2, 0.25) is 0 Å². The molecule has 7 heteroatoms. The Labute approximate surface area is 165 Å². The number of aromatic nitrogens is 3. The summed E-state index contributed by atoms with van der Waals surface area (Å²) in [6.45, 7) is 0. The molecule has 0 bridgehead atoms. The number of benzene rings is 2. The van der Waals surface area contributed by atoms with E-state index >= 15 is 0 Å². The summed E-state index contributed by atoms with van der Waals surface area (Å²) < 4.78 is 34.8. The smallest absolute Gasteiger partial charge is 0.223 e. The van der Waals surface area contributed by atoms with Gasteiger partial charge in [-0.25, -0.2) is 14.4 Å². The molecule has 4 aromatic rings. The minimum Gasteiger partial charge on any atom is -0.497 e. The van der Waals surface area contributed by atoms with E-state index in [2.05, 4.69) is 9.97 Å². The molecular weight excluding hydrogens is 376 g/mol. The highest BCUT2D eigenvalue weighted by atomic mass is 19.1. The van der Waals surface area contributed by atoms with Crippen LogP contribution in [-0.4, -0.2) is 27.4 Å². The van der Waals surface area contributed by atoms with E-state index in [9.17, 15) is 13.6 Å². The summed E-state index contributed by atoms with van der Waals surface area (Å²) in [5.74, 6) is -1.28. The number of ether oxygens (including phenoxy) is 1. The van der Waals surface area contributed by atoms with Crippen LogP contribution in [0.1, 0.15) is 16.1 Å². The molecule has 0 spiro atoms. The van der Waals surface area contributed by atoms with Gasteiger partial charge in [-0.3, -0.25) is 4.79 Å². The molecule has 0 aliphatic rings. The highest BCUT2D eigenvalue weighted by Crippen LogP contribution is 2.26. The highest BCUT2D eigenvalue weighted by Gasteiger charge is 2.15. The van der Waals surface area contributed by atoms with Crippen molar-refractivity contribution in [2.45, 2.75) is 0 Å². The molecule has 0 aliphatic heterocycles. The maximum Gasteiger partial charge on any atom is 0.223 e. The second-order valence-corrected chi connectivity index (χ2v) is 6.24. The molecule has 29 heavy (non-hydrogen) atoms. The van der Waals surface area contributed by atoms with Gasteiger partial charge in [-0.2, -0.15) is 4.39 Å². The molecule has 0 radical (unpaired) electrons. The average Bonchev–Trinajstić information content (AvgIpc) is 3.24. The molecule has 0 fully saturated rings. The number of hydrogen-bond donors (Lipinski definition) is 0. The van der Waals surface area contributed by atoms with Gasteiger partial charge in [0.05, 0.1) is 12.7 Å². The molecule has 0 aliphatic carbocycles. The zero-order chi connectivity index (χ0) is 20.4. The van der Waals surface area contributed by atoms with Crippen LogP contribution < -0.4 is 4.74 Å². The Kier molecular flexibility index (Phi) is 4.87. The lowest BCUT2D eigenvalue weighted by Crippen LogP contribution is -2.02. The fraction of sp³-hybridized carbons (Fsp3) is 0.0455. The molecule has 0 saturated heterocycles. The predicted molar refractivity (Wildman–Crippen MR) is 103 cm³/mol. The monoisotopic (exact) mass is 391 g/mol. The summed E-state index contributed by atoms with van der Waals surface area (Å²) in [4.78, 5) is 20.4. The quantitative estimate of drug-likeness (QED) is 0.373. The molecule has 0 atom stereocenters. The molecule has 0 amide bonds. The number of hydrogen-bond acceptors (Lipinski definition) is 4. The first kappa shape index (κ1) is 18.5. The molecule has 2 aromatic heterocycles. The van der Waals surface area contributed by atoms with Crippen molar-refractivity contribution in [1.82, 2.24) is 14.5 Å². The number of ketones is 1.